The highest BCUT2D eigenvalue weighted by Gasteiger charge is 2.34. The van der Waals surface area contributed by atoms with E-state index in [1.54, 1.807) is 0 Å². The molecule has 11 heavy (non-hydrogen) atoms. The lowest BCUT2D eigenvalue weighted by Gasteiger charge is -2.28. The molecule has 1 saturated carbocycles. The van der Waals surface area contributed by atoms with Gasteiger partial charge in [-0.05, 0) is 19.4 Å². The average Bonchev–Trinajstić information content (AvgIpc) is 1.94. The lowest BCUT2D eigenvalue weighted by Crippen LogP contribution is -2.36. The number of rotatable bonds is 2. The molecule has 1 N–H and O–H groups in total. The van der Waals surface area contributed by atoms with E-state index in [0.29, 0.717) is 18.9 Å². The first-order valence-corrected chi connectivity index (χ1v) is 4.25. The molecule has 3 heteroatoms. The van der Waals surface area contributed by atoms with Gasteiger partial charge in [0.15, 0.2) is 0 Å². The third-order valence-corrected chi connectivity index (χ3v) is 2.21. The van der Waals surface area contributed by atoms with E-state index in [4.69, 9.17) is 0 Å². The second kappa shape index (κ2) is 3.48. The zero-order valence-electron chi connectivity index (χ0n) is 6.87. The van der Waals surface area contributed by atoms with E-state index < -0.39 is 5.92 Å². The van der Waals surface area contributed by atoms with E-state index in [-0.39, 0.29) is 12.8 Å². The fraction of sp³-hybridized carbons (Fsp3) is 1.00. The summed E-state index contributed by atoms with van der Waals surface area (Å²) in [5, 5.41) is 3.19. The van der Waals surface area contributed by atoms with Gasteiger partial charge in [0.1, 0.15) is 0 Å². The number of halogens is 2. The number of hydrogen-bond donors (Lipinski definition) is 1. The number of alkyl halides is 2. The van der Waals surface area contributed by atoms with Crippen LogP contribution in [0.2, 0.25) is 0 Å². The zero-order chi connectivity index (χ0) is 8.32. The zero-order valence-corrected chi connectivity index (χ0v) is 6.87. The van der Waals surface area contributed by atoms with Gasteiger partial charge >= 0.3 is 0 Å². The minimum atomic E-state index is -2.38. The Morgan fingerprint density at radius 1 is 1.36 bits per heavy atom. The summed E-state index contributed by atoms with van der Waals surface area (Å²) in [7, 11) is 0. The summed E-state index contributed by atoms with van der Waals surface area (Å²) >= 11 is 0. The van der Waals surface area contributed by atoms with Gasteiger partial charge in [-0.15, -0.1) is 0 Å². The summed E-state index contributed by atoms with van der Waals surface area (Å²) < 4.78 is 25.2. The van der Waals surface area contributed by atoms with Crippen molar-refractivity contribution in [2.75, 3.05) is 6.54 Å². The Morgan fingerprint density at radius 2 is 1.91 bits per heavy atom. The van der Waals surface area contributed by atoms with Crippen LogP contribution in [0.1, 0.15) is 32.6 Å². The fourth-order valence-corrected chi connectivity index (χ4v) is 1.53. The van der Waals surface area contributed by atoms with Crippen molar-refractivity contribution in [1.29, 1.82) is 0 Å². The molecule has 0 atom stereocenters. The van der Waals surface area contributed by atoms with Gasteiger partial charge in [-0.2, -0.15) is 0 Å². The molecule has 0 radical (unpaired) electrons. The first-order valence-electron chi connectivity index (χ1n) is 4.25. The highest BCUT2D eigenvalue weighted by atomic mass is 19.3. The molecule has 0 bridgehead atoms. The van der Waals surface area contributed by atoms with Crippen molar-refractivity contribution < 1.29 is 8.78 Å². The van der Waals surface area contributed by atoms with Gasteiger partial charge in [-0.3, -0.25) is 0 Å². The van der Waals surface area contributed by atoms with Crippen molar-refractivity contribution in [3.8, 4) is 0 Å². The molecule has 0 aromatic heterocycles. The van der Waals surface area contributed by atoms with Gasteiger partial charge in [-0.1, -0.05) is 6.92 Å². The molecule has 1 aliphatic rings. The average molecular weight is 163 g/mol. The molecule has 0 aliphatic heterocycles. The van der Waals surface area contributed by atoms with E-state index in [1.165, 1.54) is 0 Å². The second-order valence-electron chi connectivity index (χ2n) is 3.19. The van der Waals surface area contributed by atoms with Crippen LogP contribution in [0.3, 0.4) is 0 Å². The quantitative estimate of drug-likeness (QED) is 0.657. The first kappa shape index (κ1) is 8.91. The fourth-order valence-electron chi connectivity index (χ4n) is 1.53. The van der Waals surface area contributed by atoms with Crippen LogP contribution in [-0.2, 0) is 0 Å². The van der Waals surface area contributed by atoms with E-state index in [2.05, 4.69) is 5.32 Å². The Bertz CT molecular complexity index is 115. The molecule has 66 valence electrons. The number of hydrogen-bond acceptors (Lipinski definition) is 1. The first-order chi connectivity index (χ1) is 5.14. The van der Waals surface area contributed by atoms with Crippen LogP contribution < -0.4 is 5.32 Å². The molecule has 1 nitrogen and oxygen atoms in total. The SMILES string of the molecule is CCNC1CCC(F)(F)CC1. The van der Waals surface area contributed by atoms with Crippen LogP contribution in [0, 0.1) is 0 Å². The Balaban J connectivity index is 2.25. The van der Waals surface area contributed by atoms with Gasteiger partial charge in [0.2, 0.25) is 5.92 Å². The van der Waals surface area contributed by atoms with Gasteiger partial charge < -0.3 is 5.32 Å². The molecule has 0 saturated heterocycles. The van der Waals surface area contributed by atoms with Crippen molar-refractivity contribution >= 4 is 0 Å². The molecular weight excluding hydrogens is 148 g/mol. The smallest absolute Gasteiger partial charge is 0.248 e. The Labute approximate surface area is 66.2 Å². The minimum Gasteiger partial charge on any atom is -0.314 e. The Morgan fingerprint density at radius 3 is 2.36 bits per heavy atom. The van der Waals surface area contributed by atoms with E-state index in [1.807, 2.05) is 6.92 Å². The molecule has 0 aromatic carbocycles. The molecule has 1 rings (SSSR count). The molecule has 0 spiro atoms. The Hall–Kier alpha value is -0.180. The van der Waals surface area contributed by atoms with Crippen molar-refractivity contribution in [3.05, 3.63) is 0 Å². The summed E-state index contributed by atoms with van der Waals surface area (Å²) in [5.41, 5.74) is 0. The van der Waals surface area contributed by atoms with Gasteiger partial charge in [0, 0.05) is 18.9 Å². The van der Waals surface area contributed by atoms with Gasteiger partial charge in [0.05, 0.1) is 0 Å². The highest BCUT2D eigenvalue weighted by molar-refractivity contribution is 4.80. The lowest BCUT2D eigenvalue weighted by atomic mass is 9.92. The molecule has 1 aliphatic carbocycles. The molecule has 0 heterocycles. The predicted octanol–water partition coefficient (Wildman–Crippen LogP) is 2.17. The molecule has 1 fully saturated rings. The Kier molecular flexibility index (Phi) is 2.82. The standard InChI is InChI=1S/C8H15F2N/c1-2-11-7-3-5-8(9,10)6-4-7/h7,11H,2-6H2,1H3. The summed E-state index contributed by atoms with van der Waals surface area (Å²) in [6, 6.07) is 0.333. The largest absolute Gasteiger partial charge is 0.314 e. The molecule has 0 amide bonds. The van der Waals surface area contributed by atoms with Crippen molar-refractivity contribution in [3.63, 3.8) is 0 Å². The summed E-state index contributed by atoms with van der Waals surface area (Å²) in [4.78, 5) is 0. The van der Waals surface area contributed by atoms with Crippen molar-refractivity contribution in [1.82, 2.24) is 5.32 Å². The van der Waals surface area contributed by atoms with Crippen LogP contribution >= 0.6 is 0 Å². The summed E-state index contributed by atoms with van der Waals surface area (Å²) in [5.74, 6) is -2.38. The van der Waals surface area contributed by atoms with E-state index in [0.717, 1.165) is 6.54 Å². The van der Waals surface area contributed by atoms with Crippen LogP contribution in [-0.4, -0.2) is 18.5 Å². The molecule has 0 unspecified atom stereocenters. The molecular formula is C8H15F2N. The van der Waals surface area contributed by atoms with Crippen LogP contribution in [0.5, 0.6) is 0 Å². The maximum Gasteiger partial charge on any atom is 0.248 e. The van der Waals surface area contributed by atoms with Crippen molar-refractivity contribution in [2.45, 2.75) is 44.6 Å². The van der Waals surface area contributed by atoms with Crippen LogP contribution in [0.25, 0.3) is 0 Å². The van der Waals surface area contributed by atoms with Crippen LogP contribution in [0.4, 0.5) is 8.78 Å². The van der Waals surface area contributed by atoms with E-state index >= 15 is 0 Å². The van der Waals surface area contributed by atoms with Gasteiger partial charge in [-0.25, -0.2) is 8.78 Å². The van der Waals surface area contributed by atoms with Gasteiger partial charge in [0.25, 0.3) is 0 Å². The summed E-state index contributed by atoms with van der Waals surface area (Å²) in [6.07, 6.45) is 1.37. The minimum absolute atomic E-state index is 0.0602. The second-order valence-corrected chi connectivity index (χ2v) is 3.19. The highest BCUT2D eigenvalue weighted by Crippen LogP contribution is 2.32. The van der Waals surface area contributed by atoms with E-state index in [9.17, 15) is 8.78 Å². The van der Waals surface area contributed by atoms with Crippen LogP contribution in [0.15, 0.2) is 0 Å². The number of nitrogens with one attached hydrogen (secondary N) is 1. The normalized spacial score (nSPS) is 25.4. The lowest BCUT2D eigenvalue weighted by molar-refractivity contribution is -0.0402. The topological polar surface area (TPSA) is 12.0 Å². The third kappa shape index (κ3) is 2.73. The monoisotopic (exact) mass is 163 g/mol. The predicted molar refractivity (Wildman–Crippen MR) is 40.9 cm³/mol. The maximum atomic E-state index is 12.6. The maximum absolute atomic E-state index is 12.6. The summed E-state index contributed by atoms with van der Waals surface area (Å²) in [6.45, 7) is 2.89. The molecule has 0 aromatic rings. The third-order valence-electron chi connectivity index (χ3n) is 2.21. The van der Waals surface area contributed by atoms with Crippen molar-refractivity contribution in [2.24, 2.45) is 0 Å².